The molecule has 0 aliphatic rings. The molecule has 0 saturated carbocycles. The van der Waals surface area contributed by atoms with E-state index in [0.717, 1.165) is 11.4 Å². The number of aryl methyl sites for hydroxylation is 1. The minimum absolute atomic E-state index is 0.153. The number of pyridine rings is 1. The molecule has 84 valence electrons. The van der Waals surface area contributed by atoms with E-state index in [2.05, 4.69) is 17.2 Å². The third-order valence-corrected chi connectivity index (χ3v) is 2.72. The minimum atomic E-state index is 0.153. The molecule has 0 fully saturated rings. The monoisotopic (exact) mass is 228 g/mol. The van der Waals surface area contributed by atoms with Crippen molar-refractivity contribution < 1.29 is 4.74 Å². The molecule has 0 bridgehead atoms. The second kappa shape index (κ2) is 5.33. The maximum Gasteiger partial charge on any atom is 0.129 e. The van der Waals surface area contributed by atoms with Gasteiger partial charge in [-0.1, -0.05) is 11.6 Å². The molecule has 1 heterocycles. The van der Waals surface area contributed by atoms with Crippen LogP contribution in [-0.2, 0) is 4.74 Å². The molecule has 1 N–H and O–H groups in total. The Balaban J connectivity index is 2.72. The molecule has 15 heavy (non-hydrogen) atoms. The molecule has 0 saturated heterocycles. The van der Waals surface area contributed by atoms with Crippen LogP contribution in [0, 0.1) is 6.92 Å². The van der Waals surface area contributed by atoms with Crippen molar-refractivity contribution in [1.29, 1.82) is 0 Å². The summed E-state index contributed by atoms with van der Waals surface area (Å²) in [6.07, 6.45) is 0.153. The third kappa shape index (κ3) is 3.36. The summed E-state index contributed by atoms with van der Waals surface area (Å²) in [4.78, 5) is 4.17. The number of ether oxygens (including phenoxy) is 1. The number of rotatable bonds is 4. The normalized spacial score (nSPS) is 14.7. The molecule has 2 atom stereocenters. The second-order valence-electron chi connectivity index (χ2n) is 3.64. The third-order valence-electron chi connectivity index (χ3n) is 2.51. The Morgan fingerprint density at radius 3 is 2.60 bits per heavy atom. The lowest BCUT2D eigenvalue weighted by Gasteiger charge is -2.21. The number of aromatic nitrogens is 1. The Bertz CT molecular complexity index is 330. The molecule has 4 heteroatoms. The van der Waals surface area contributed by atoms with E-state index in [4.69, 9.17) is 16.3 Å². The zero-order chi connectivity index (χ0) is 11.4. The average Bonchev–Trinajstić information content (AvgIpc) is 2.20. The van der Waals surface area contributed by atoms with Crippen LogP contribution in [0.4, 0.5) is 5.69 Å². The fourth-order valence-electron chi connectivity index (χ4n) is 1.25. The topological polar surface area (TPSA) is 34.1 Å². The Morgan fingerprint density at radius 1 is 1.40 bits per heavy atom. The first-order valence-corrected chi connectivity index (χ1v) is 5.35. The Morgan fingerprint density at radius 2 is 2.07 bits per heavy atom. The van der Waals surface area contributed by atoms with Crippen molar-refractivity contribution in [3.63, 3.8) is 0 Å². The Labute approximate surface area is 95.8 Å². The summed E-state index contributed by atoms with van der Waals surface area (Å²) in [6, 6.07) is 3.95. The van der Waals surface area contributed by atoms with Crippen molar-refractivity contribution in [3.05, 3.63) is 23.0 Å². The van der Waals surface area contributed by atoms with Crippen molar-refractivity contribution in [2.75, 3.05) is 12.4 Å². The fraction of sp³-hybridized carbons (Fsp3) is 0.545. The number of methoxy groups -OCH3 is 1. The van der Waals surface area contributed by atoms with Gasteiger partial charge in [-0.25, -0.2) is 4.98 Å². The highest BCUT2D eigenvalue weighted by Crippen LogP contribution is 2.17. The average molecular weight is 229 g/mol. The van der Waals surface area contributed by atoms with Crippen LogP contribution in [0.3, 0.4) is 0 Å². The van der Waals surface area contributed by atoms with Gasteiger partial charge in [-0.15, -0.1) is 0 Å². The minimum Gasteiger partial charge on any atom is -0.380 e. The molecule has 0 spiro atoms. The van der Waals surface area contributed by atoms with Gasteiger partial charge < -0.3 is 10.1 Å². The zero-order valence-electron chi connectivity index (χ0n) is 9.54. The van der Waals surface area contributed by atoms with E-state index in [-0.39, 0.29) is 12.1 Å². The first-order chi connectivity index (χ1) is 7.04. The quantitative estimate of drug-likeness (QED) is 0.805. The molecular formula is C11H17ClN2O. The smallest absolute Gasteiger partial charge is 0.129 e. The maximum absolute atomic E-state index is 5.78. The van der Waals surface area contributed by atoms with Crippen LogP contribution < -0.4 is 5.32 Å². The van der Waals surface area contributed by atoms with E-state index in [1.165, 1.54) is 0 Å². The zero-order valence-corrected chi connectivity index (χ0v) is 10.3. The van der Waals surface area contributed by atoms with Crippen molar-refractivity contribution in [2.45, 2.75) is 32.9 Å². The molecular weight excluding hydrogens is 212 g/mol. The maximum atomic E-state index is 5.78. The molecule has 1 aromatic heterocycles. The molecule has 1 rings (SSSR count). The molecule has 0 radical (unpaired) electrons. The van der Waals surface area contributed by atoms with Crippen LogP contribution in [0.2, 0.25) is 5.15 Å². The largest absolute Gasteiger partial charge is 0.380 e. The van der Waals surface area contributed by atoms with Crippen LogP contribution >= 0.6 is 11.6 Å². The summed E-state index contributed by atoms with van der Waals surface area (Å²) in [5.41, 5.74) is 1.90. The van der Waals surface area contributed by atoms with Crippen LogP contribution in [-0.4, -0.2) is 24.2 Å². The van der Waals surface area contributed by atoms with Gasteiger partial charge in [-0.05, 0) is 32.9 Å². The summed E-state index contributed by atoms with van der Waals surface area (Å²) in [5.74, 6) is 0. The highest BCUT2D eigenvalue weighted by molar-refractivity contribution is 6.29. The summed E-state index contributed by atoms with van der Waals surface area (Å²) in [6.45, 7) is 6.02. The SMILES string of the molecule is COC(C)C(C)Nc1ccc(Cl)nc1C. The number of nitrogens with zero attached hydrogens (tertiary/aromatic N) is 1. The number of hydrogen-bond donors (Lipinski definition) is 1. The van der Waals surface area contributed by atoms with Crippen LogP contribution in [0.1, 0.15) is 19.5 Å². The van der Waals surface area contributed by atoms with E-state index in [1.54, 1.807) is 13.2 Å². The lowest BCUT2D eigenvalue weighted by atomic mass is 10.2. The Kier molecular flexibility index (Phi) is 4.36. The lowest BCUT2D eigenvalue weighted by molar-refractivity contribution is 0.106. The van der Waals surface area contributed by atoms with Crippen molar-refractivity contribution >= 4 is 17.3 Å². The summed E-state index contributed by atoms with van der Waals surface area (Å²) in [5, 5.41) is 3.86. The van der Waals surface area contributed by atoms with Crippen molar-refractivity contribution in [3.8, 4) is 0 Å². The number of hydrogen-bond acceptors (Lipinski definition) is 3. The Hall–Kier alpha value is -0.800. The molecule has 0 amide bonds. The number of nitrogens with one attached hydrogen (secondary N) is 1. The molecule has 0 aliphatic heterocycles. The van der Waals surface area contributed by atoms with Crippen LogP contribution in [0.5, 0.6) is 0 Å². The van der Waals surface area contributed by atoms with E-state index in [9.17, 15) is 0 Å². The van der Waals surface area contributed by atoms with Crippen LogP contribution in [0.15, 0.2) is 12.1 Å². The van der Waals surface area contributed by atoms with Gasteiger partial charge in [0.2, 0.25) is 0 Å². The van der Waals surface area contributed by atoms with Gasteiger partial charge in [-0.3, -0.25) is 0 Å². The van der Waals surface area contributed by atoms with Crippen LogP contribution in [0.25, 0.3) is 0 Å². The predicted octanol–water partition coefficient (Wildman–Crippen LogP) is 2.88. The van der Waals surface area contributed by atoms with E-state index in [1.807, 2.05) is 19.9 Å². The van der Waals surface area contributed by atoms with Gasteiger partial charge in [0.15, 0.2) is 0 Å². The number of halogens is 1. The fourth-order valence-corrected chi connectivity index (χ4v) is 1.44. The molecule has 3 nitrogen and oxygen atoms in total. The van der Waals surface area contributed by atoms with Gasteiger partial charge in [-0.2, -0.15) is 0 Å². The highest BCUT2D eigenvalue weighted by Gasteiger charge is 2.11. The molecule has 1 aromatic rings. The first-order valence-electron chi connectivity index (χ1n) is 4.97. The van der Waals surface area contributed by atoms with Gasteiger partial charge in [0.25, 0.3) is 0 Å². The van der Waals surface area contributed by atoms with Gasteiger partial charge in [0.1, 0.15) is 5.15 Å². The first kappa shape index (κ1) is 12.3. The van der Waals surface area contributed by atoms with Gasteiger partial charge in [0, 0.05) is 13.2 Å². The summed E-state index contributed by atoms with van der Waals surface area (Å²) >= 11 is 5.78. The highest BCUT2D eigenvalue weighted by atomic mass is 35.5. The molecule has 0 aromatic carbocycles. The number of anilines is 1. The summed E-state index contributed by atoms with van der Waals surface area (Å²) in [7, 11) is 1.70. The van der Waals surface area contributed by atoms with E-state index < -0.39 is 0 Å². The van der Waals surface area contributed by atoms with Gasteiger partial charge >= 0.3 is 0 Å². The van der Waals surface area contributed by atoms with Crippen molar-refractivity contribution in [2.24, 2.45) is 0 Å². The van der Waals surface area contributed by atoms with E-state index >= 15 is 0 Å². The summed E-state index contributed by atoms with van der Waals surface area (Å²) < 4.78 is 5.24. The van der Waals surface area contributed by atoms with E-state index in [0.29, 0.717) is 5.15 Å². The molecule has 2 unspecified atom stereocenters. The predicted molar refractivity (Wildman–Crippen MR) is 63.5 cm³/mol. The standard InChI is InChI=1S/C11H17ClN2O/c1-7(9(3)15-4)13-10-5-6-11(12)14-8(10)2/h5-7,9,13H,1-4H3. The lowest BCUT2D eigenvalue weighted by Crippen LogP contribution is -2.30. The second-order valence-corrected chi connectivity index (χ2v) is 4.03. The molecule has 0 aliphatic carbocycles. The van der Waals surface area contributed by atoms with Gasteiger partial charge in [0.05, 0.1) is 17.5 Å². The van der Waals surface area contributed by atoms with Crippen molar-refractivity contribution in [1.82, 2.24) is 4.98 Å².